The van der Waals surface area contributed by atoms with E-state index >= 15 is 0 Å². The van der Waals surface area contributed by atoms with Crippen LogP contribution < -0.4 is 4.74 Å². The Morgan fingerprint density at radius 3 is 2.70 bits per heavy atom. The van der Waals surface area contributed by atoms with Crippen LogP contribution in [0.15, 0.2) is 57.5 Å². The van der Waals surface area contributed by atoms with Crippen molar-refractivity contribution < 1.29 is 9.53 Å². The minimum absolute atomic E-state index is 0.0335. The molecule has 23 heavy (non-hydrogen) atoms. The summed E-state index contributed by atoms with van der Waals surface area (Å²) in [5.41, 5.74) is 1.20. The first kappa shape index (κ1) is 16.5. The van der Waals surface area contributed by atoms with Gasteiger partial charge in [-0.15, -0.1) is 0 Å². The third-order valence-electron chi connectivity index (χ3n) is 4.00. The van der Waals surface area contributed by atoms with Gasteiger partial charge in [-0.05, 0) is 52.5 Å². The highest BCUT2D eigenvalue weighted by Crippen LogP contribution is 2.32. The van der Waals surface area contributed by atoms with Crippen molar-refractivity contribution in [1.29, 1.82) is 0 Å². The van der Waals surface area contributed by atoms with Crippen LogP contribution in [0.2, 0.25) is 0 Å². The molecule has 1 aliphatic rings. The number of ether oxygens (including phenoxy) is 1. The van der Waals surface area contributed by atoms with Crippen LogP contribution in [-0.2, 0) is 4.79 Å². The van der Waals surface area contributed by atoms with Crippen LogP contribution in [0.5, 0.6) is 5.75 Å². The van der Waals surface area contributed by atoms with E-state index in [9.17, 15) is 4.79 Å². The van der Waals surface area contributed by atoms with E-state index in [0.717, 1.165) is 28.3 Å². The molecule has 5 heteroatoms. The number of carbonyl (C=O) groups excluding carboxylic acids is 1. The number of hydrogen-bond acceptors (Lipinski definition) is 2. The lowest BCUT2D eigenvalue weighted by atomic mass is 10.0. The fourth-order valence-electron chi connectivity index (χ4n) is 2.90. The maximum atomic E-state index is 12.6. The molecule has 0 radical (unpaired) electrons. The molecule has 120 valence electrons. The minimum Gasteiger partial charge on any atom is -0.483 e. The van der Waals surface area contributed by atoms with Gasteiger partial charge >= 0.3 is 0 Å². The lowest BCUT2D eigenvalue weighted by molar-refractivity contribution is -0.134. The molecule has 2 aromatic carbocycles. The SMILES string of the molecule is O=C(COc1ccc(Br)cc1Br)N1CCC[C@@H]1c1ccccc1. The van der Waals surface area contributed by atoms with Gasteiger partial charge in [0.25, 0.3) is 5.91 Å². The zero-order valence-corrected chi connectivity index (χ0v) is 15.7. The number of hydrogen-bond donors (Lipinski definition) is 0. The first-order chi connectivity index (χ1) is 11.1. The zero-order valence-electron chi connectivity index (χ0n) is 12.5. The molecular weight excluding hydrogens is 422 g/mol. The summed E-state index contributed by atoms with van der Waals surface area (Å²) in [5, 5.41) is 0. The quantitative estimate of drug-likeness (QED) is 0.675. The summed E-state index contributed by atoms with van der Waals surface area (Å²) in [7, 11) is 0. The molecule has 0 aromatic heterocycles. The van der Waals surface area contributed by atoms with Gasteiger partial charge in [-0.25, -0.2) is 0 Å². The Morgan fingerprint density at radius 2 is 1.96 bits per heavy atom. The molecule has 1 atom stereocenters. The number of nitrogens with zero attached hydrogens (tertiary/aromatic N) is 1. The number of likely N-dealkylation sites (tertiary alicyclic amines) is 1. The highest BCUT2D eigenvalue weighted by atomic mass is 79.9. The second kappa shape index (κ2) is 7.49. The molecule has 1 aliphatic heterocycles. The number of benzene rings is 2. The summed E-state index contributed by atoms with van der Waals surface area (Å²) in [5.74, 6) is 0.711. The number of carbonyl (C=O) groups is 1. The van der Waals surface area contributed by atoms with Crippen LogP contribution in [0.1, 0.15) is 24.4 Å². The predicted octanol–water partition coefficient (Wildman–Crippen LogP) is 4.95. The summed E-state index contributed by atoms with van der Waals surface area (Å²) < 4.78 is 7.49. The summed E-state index contributed by atoms with van der Waals surface area (Å²) in [4.78, 5) is 14.5. The van der Waals surface area contributed by atoms with Crippen molar-refractivity contribution in [3.8, 4) is 5.75 Å². The van der Waals surface area contributed by atoms with Crippen LogP contribution in [0.3, 0.4) is 0 Å². The van der Waals surface area contributed by atoms with Gasteiger partial charge in [-0.1, -0.05) is 46.3 Å². The van der Waals surface area contributed by atoms with E-state index in [1.165, 1.54) is 5.56 Å². The minimum atomic E-state index is 0.0335. The van der Waals surface area contributed by atoms with Crippen molar-refractivity contribution in [3.63, 3.8) is 0 Å². The fraction of sp³-hybridized carbons (Fsp3) is 0.278. The van der Waals surface area contributed by atoms with E-state index in [-0.39, 0.29) is 18.6 Å². The molecule has 1 saturated heterocycles. The lowest BCUT2D eigenvalue weighted by Crippen LogP contribution is -2.34. The molecule has 0 unspecified atom stereocenters. The van der Waals surface area contributed by atoms with Crippen LogP contribution >= 0.6 is 31.9 Å². The topological polar surface area (TPSA) is 29.5 Å². The first-order valence-electron chi connectivity index (χ1n) is 7.57. The van der Waals surface area contributed by atoms with Crippen LogP contribution in [-0.4, -0.2) is 24.0 Å². The monoisotopic (exact) mass is 437 g/mol. The standard InChI is InChI=1S/C18H17Br2NO2/c19-14-8-9-17(15(20)11-14)23-12-18(22)21-10-4-7-16(21)13-5-2-1-3-6-13/h1-3,5-6,8-9,11,16H,4,7,10,12H2/t16-/m1/s1. The first-order valence-corrected chi connectivity index (χ1v) is 9.16. The second-order valence-electron chi connectivity index (χ2n) is 5.52. The Labute approximate surface area is 152 Å². The fourth-order valence-corrected chi connectivity index (χ4v) is 4.06. The molecule has 1 heterocycles. The highest BCUT2D eigenvalue weighted by molar-refractivity contribution is 9.11. The van der Waals surface area contributed by atoms with E-state index in [4.69, 9.17) is 4.74 Å². The Balaban J connectivity index is 1.65. The Kier molecular flexibility index (Phi) is 5.38. The van der Waals surface area contributed by atoms with E-state index in [1.54, 1.807) is 0 Å². The maximum Gasteiger partial charge on any atom is 0.261 e. The molecule has 3 nitrogen and oxygen atoms in total. The average molecular weight is 439 g/mol. The predicted molar refractivity (Wildman–Crippen MR) is 97.5 cm³/mol. The molecule has 0 N–H and O–H groups in total. The van der Waals surface area contributed by atoms with Gasteiger partial charge in [-0.2, -0.15) is 0 Å². The van der Waals surface area contributed by atoms with Crippen LogP contribution in [0, 0.1) is 0 Å². The summed E-state index contributed by atoms with van der Waals surface area (Å²) in [6.45, 7) is 0.854. The van der Waals surface area contributed by atoms with Gasteiger partial charge in [0.15, 0.2) is 6.61 Å². The Bertz CT molecular complexity index is 691. The Hall–Kier alpha value is -1.33. The normalized spacial score (nSPS) is 17.3. The maximum absolute atomic E-state index is 12.6. The molecule has 0 aliphatic carbocycles. The number of amides is 1. The average Bonchev–Trinajstić information content (AvgIpc) is 3.04. The number of rotatable bonds is 4. The van der Waals surface area contributed by atoms with E-state index in [1.807, 2.05) is 41.3 Å². The third-order valence-corrected chi connectivity index (χ3v) is 5.12. The summed E-state index contributed by atoms with van der Waals surface area (Å²) in [6, 6.07) is 16.0. The lowest BCUT2D eigenvalue weighted by Gasteiger charge is -2.25. The molecule has 2 aromatic rings. The van der Waals surface area contributed by atoms with Crippen LogP contribution in [0.4, 0.5) is 0 Å². The molecular formula is C18H17Br2NO2. The van der Waals surface area contributed by atoms with Crippen LogP contribution in [0.25, 0.3) is 0 Å². The third kappa shape index (κ3) is 3.96. The van der Waals surface area contributed by atoms with Crippen molar-refractivity contribution in [3.05, 3.63) is 63.0 Å². The van der Waals surface area contributed by atoms with E-state index in [0.29, 0.717) is 5.75 Å². The largest absolute Gasteiger partial charge is 0.483 e. The van der Waals surface area contributed by atoms with E-state index in [2.05, 4.69) is 44.0 Å². The van der Waals surface area contributed by atoms with Gasteiger partial charge in [0, 0.05) is 11.0 Å². The zero-order chi connectivity index (χ0) is 16.2. The van der Waals surface area contributed by atoms with Crippen molar-refractivity contribution >= 4 is 37.8 Å². The van der Waals surface area contributed by atoms with Gasteiger partial charge < -0.3 is 9.64 Å². The second-order valence-corrected chi connectivity index (χ2v) is 7.29. The van der Waals surface area contributed by atoms with Gasteiger partial charge in [0.1, 0.15) is 5.75 Å². The van der Waals surface area contributed by atoms with Crippen molar-refractivity contribution in [2.24, 2.45) is 0 Å². The van der Waals surface area contributed by atoms with Crippen molar-refractivity contribution in [1.82, 2.24) is 4.90 Å². The Morgan fingerprint density at radius 1 is 1.17 bits per heavy atom. The molecule has 1 fully saturated rings. The summed E-state index contributed by atoms with van der Waals surface area (Å²) in [6.07, 6.45) is 2.05. The van der Waals surface area contributed by atoms with Gasteiger partial charge in [-0.3, -0.25) is 4.79 Å². The smallest absolute Gasteiger partial charge is 0.261 e. The molecule has 0 spiro atoms. The van der Waals surface area contributed by atoms with Gasteiger partial charge in [0.05, 0.1) is 10.5 Å². The molecule has 0 bridgehead atoms. The molecule has 1 amide bonds. The molecule has 0 saturated carbocycles. The molecule has 3 rings (SSSR count). The highest BCUT2D eigenvalue weighted by Gasteiger charge is 2.29. The van der Waals surface area contributed by atoms with Gasteiger partial charge in [0.2, 0.25) is 0 Å². The summed E-state index contributed by atoms with van der Waals surface area (Å²) >= 11 is 6.85. The number of halogens is 2. The van der Waals surface area contributed by atoms with Crippen molar-refractivity contribution in [2.75, 3.05) is 13.2 Å². The van der Waals surface area contributed by atoms with E-state index < -0.39 is 0 Å². The van der Waals surface area contributed by atoms with Crippen molar-refractivity contribution in [2.45, 2.75) is 18.9 Å².